The second kappa shape index (κ2) is 15.4. The third-order valence-electron chi connectivity index (χ3n) is 4.14. The van der Waals surface area contributed by atoms with Crippen molar-refractivity contribution < 1.29 is 9.47 Å². The Bertz CT molecular complexity index is 294. The van der Waals surface area contributed by atoms with Crippen LogP contribution in [0.2, 0.25) is 0 Å². The van der Waals surface area contributed by atoms with Crippen LogP contribution in [0.25, 0.3) is 0 Å². The molecule has 0 saturated carbocycles. The van der Waals surface area contributed by atoms with Crippen LogP contribution in [0, 0.1) is 5.92 Å². The number of halogens is 1. The SMILES string of the molecule is CCNC(=NCC(CC)CC)NCCCOC1CCOCC1.I. The zero-order valence-electron chi connectivity index (χ0n) is 15.1. The third kappa shape index (κ3) is 11.2. The first kappa shape index (κ1) is 22.9. The number of nitrogens with zero attached hydrogens (tertiary/aromatic N) is 1. The average molecular weight is 441 g/mol. The van der Waals surface area contributed by atoms with Crippen molar-refractivity contribution in [2.75, 3.05) is 39.5 Å². The summed E-state index contributed by atoms with van der Waals surface area (Å²) in [5.41, 5.74) is 0. The van der Waals surface area contributed by atoms with Crippen LogP contribution in [-0.4, -0.2) is 51.5 Å². The zero-order valence-corrected chi connectivity index (χ0v) is 17.4. The van der Waals surface area contributed by atoms with Gasteiger partial charge in [0.1, 0.15) is 0 Å². The highest BCUT2D eigenvalue weighted by atomic mass is 127. The molecule has 0 spiro atoms. The second-order valence-electron chi connectivity index (χ2n) is 5.86. The topological polar surface area (TPSA) is 54.9 Å². The molecule has 1 saturated heterocycles. The fourth-order valence-electron chi connectivity index (χ4n) is 2.48. The van der Waals surface area contributed by atoms with Gasteiger partial charge in [-0.2, -0.15) is 0 Å². The van der Waals surface area contributed by atoms with Gasteiger partial charge in [0.25, 0.3) is 0 Å². The number of hydrogen-bond acceptors (Lipinski definition) is 3. The molecule has 5 nitrogen and oxygen atoms in total. The smallest absolute Gasteiger partial charge is 0.191 e. The minimum atomic E-state index is 0. The maximum atomic E-state index is 5.88. The molecule has 23 heavy (non-hydrogen) atoms. The lowest BCUT2D eigenvalue weighted by Gasteiger charge is -2.22. The van der Waals surface area contributed by atoms with E-state index in [0.717, 1.165) is 64.7 Å². The van der Waals surface area contributed by atoms with E-state index in [-0.39, 0.29) is 24.0 Å². The van der Waals surface area contributed by atoms with Crippen LogP contribution in [0.4, 0.5) is 0 Å². The Morgan fingerprint density at radius 1 is 1.17 bits per heavy atom. The summed E-state index contributed by atoms with van der Waals surface area (Å²) in [7, 11) is 0. The molecule has 0 radical (unpaired) electrons. The maximum Gasteiger partial charge on any atom is 0.191 e. The van der Waals surface area contributed by atoms with E-state index in [4.69, 9.17) is 9.47 Å². The minimum absolute atomic E-state index is 0. The van der Waals surface area contributed by atoms with Gasteiger partial charge in [0.2, 0.25) is 0 Å². The van der Waals surface area contributed by atoms with E-state index in [1.54, 1.807) is 0 Å². The first-order chi connectivity index (χ1) is 10.8. The summed E-state index contributed by atoms with van der Waals surface area (Å²) in [5, 5.41) is 6.70. The summed E-state index contributed by atoms with van der Waals surface area (Å²) in [5.74, 6) is 1.62. The molecule has 0 unspecified atom stereocenters. The molecule has 2 N–H and O–H groups in total. The molecule has 1 aliphatic rings. The summed E-state index contributed by atoms with van der Waals surface area (Å²) in [6.45, 7) is 11.8. The molecule has 0 aromatic heterocycles. The number of nitrogens with one attached hydrogen (secondary N) is 2. The van der Waals surface area contributed by atoms with Gasteiger partial charge in [-0.25, -0.2) is 0 Å². The predicted molar refractivity (Wildman–Crippen MR) is 108 cm³/mol. The van der Waals surface area contributed by atoms with E-state index >= 15 is 0 Å². The molecule has 1 heterocycles. The summed E-state index contributed by atoms with van der Waals surface area (Å²) in [6.07, 6.45) is 5.86. The van der Waals surface area contributed by atoms with Gasteiger partial charge in [0.05, 0.1) is 6.10 Å². The highest BCUT2D eigenvalue weighted by Crippen LogP contribution is 2.10. The van der Waals surface area contributed by atoms with Gasteiger partial charge < -0.3 is 20.1 Å². The number of hydrogen-bond donors (Lipinski definition) is 2. The Labute approximate surface area is 159 Å². The standard InChI is InChI=1S/C17H35N3O2.HI/c1-4-15(5-2)14-20-17(18-6-3)19-10-7-11-22-16-8-12-21-13-9-16;/h15-16H,4-14H2,1-3H3,(H2,18,19,20);1H. The Morgan fingerprint density at radius 3 is 2.48 bits per heavy atom. The quantitative estimate of drug-likeness (QED) is 0.237. The molecule has 0 atom stereocenters. The summed E-state index contributed by atoms with van der Waals surface area (Å²) in [4.78, 5) is 4.68. The minimum Gasteiger partial charge on any atom is -0.381 e. The van der Waals surface area contributed by atoms with Crippen molar-refractivity contribution in [3.8, 4) is 0 Å². The van der Waals surface area contributed by atoms with Crippen molar-refractivity contribution in [3.05, 3.63) is 0 Å². The Kier molecular flexibility index (Phi) is 15.4. The fourth-order valence-corrected chi connectivity index (χ4v) is 2.48. The van der Waals surface area contributed by atoms with Crippen molar-refractivity contribution in [3.63, 3.8) is 0 Å². The van der Waals surface area contributed by atoms with E-state index in [0.29, 0.717) is 12.0 Å². The second-order valence-corrected chi connectivity index (χ2v) is 5.86. The lowest BCUT2D eigenvalue weighted by atomic mass is 10.0. The van der Waals surface area contributed by atoms with E-state index in [2.05, 4.69) is 36.4 Å². The van der Waals surface area contributed by atoms with E-state index in [1.807, 2.05) is 0 Å². The van der Waals surface area contributed by atoms with Crippen LogP contribution < -0.4 is 10.6 Å². The monoisotopic (exact) mass is 441 g/mol. The molecule has 1 fully saturated rings. The van der Waals surface area contributed by atoms with Gasteiger partial charge in [-0.3, -0.25) is 4.99 Å². The summed E-state index contributed by atoms with van der Waals surface area (Å²) >= 11 is 0. The Hall–Kier alpha value is -0.0800. The van der Waals surface area contributed by atoms with Crippen LogP contribution in [0.15, 0.2) is 4.99 Å². The highest BCUT2D eigenvalue weighted by Gasteiger charge is 2.13. The fraction of sp³-hybridized carbons (Fsp3) is 0.941. The molecular weight excluding hydrogens is 405 g/mol. The van der Waals surface area contributed by atoms with E-state index < -0.39 is 0 Å². The van der Waals surface area contributed by atoms with Gasteiger partial charge in [-0.05, 0) is 32.1 Å². The number of aliphatic imine (C=N–C) groups is 1. The summed E-state index contributed by atoms with van der Waals surface area (Å²) < 4.78 is 11.2. The van der Waals surface area contributed by atoms with Crippen molar-refractivity contribution in [2.24, 2.45) is 10.9 Å². The van der Waals surface area contributed by atoms with Gasteiger partial charge in [0.15, 0.2) is 5.96 Å². The molecule has 1 aliphatic heterocycles. The number of rotatable bonds is 10. The van der Waals surface area contributed by atoms with Gasteiger partial charge >= 0.3 is 0 Å². The number of ether oxygens (including phenoxy) is 2. The molecule has 0 aromatic rings. The lowest BCUT2D eigenvalue weighted by molar-refractivity contribution is -0.0320. The van der Waals surface area contributed by atoms with Crippen molar-refractivity contribution in [1.82, 2.24) is 10.6 Å². The highest BCUT2D eigenvalue weighted by molar-refractivity contribution is 14.0. The molecular formula is C17H36IN3O2. The largest absolute Gasteiger partial charge is 0.381 e. The third-order valence-corrected chi connectivity index (χ3v) is 4.14. The molecule has 0 bridgehead atoms. The Morgan fingerprint density at radius 2 is 1.87 bits per heavy atom. The molecule has 1 rings (SSSR count). The first-order valence-electron chi connectivity index (χ1n) is 9.01. The van der Waals surface area contributed by atoms with Crippen LogP contribution in [0.3, 0.4) is 0 Å². The normalized spacial score (nSPS) is 16.3. The molecule has 0 aromatic carbocycles. The van der Waals surface area contributed by atoms with Gasteiger partial charge in [-0.1, -0.05) is 26.7 Å². The van der Waals surface area contributed by atoms with Crippen molar-refractivity contribution >= 4 is 29.9 Å². The first-order valence-corrected chi connectivity index (χ1v) is 9.01. The van der Waals surface area contributed by atoms with E-state index in [9.17, 15) is 0 Å². The number of guanidine groups is 1. The molecule has 0 amide bonds. The molecule has 0 aliphatic carbocycles. The van der Waals surface area contributed by atoms with Crippen LogP contribution in [-0.2, 0) is 9.47 Å². The summed E-state index contributed by atoms with van der Waals surface area (Å²) in [6, 6.07) is 0. The maximum absolute atomic E-state index is 5.88. The van der Waals surface area contributed by atoms with Crippen LogP contribution in [0.1, 0.15) is 52.9 Å². The van der Waals surface area contributed by atoms with E-state index in [1.165, 1.54) is 12.8 Å². The zero-order chi connectivity index (χ0) is 16.0. The molecule has 6 heteroatoms. The average Bonchev–Trinajstić information content (AvgIpc) is 2.56. The van der Waals surface area contributed by atoms with Gasteiger partial charge in [-0.15, -0.1) is 24.0 Å². The van der Waals surface area contributed by atoms with Crippen molar-refractivity contribution in [2.45, 2.75) is 59.0 Å². The lowest BCUT2D eigenvalue weighted by Crippen LogP contribution is -2.38. The Balaban J connectivity index is 0.00000484. The molecule has 138 valence electrons. The van der Waals surface area contributed by atoms with Crippen molar-refractivity contribution in [1.29, 1.82) is 0 Å². The predicted octanol–water partition coefficient (Wildman–Crippen LogP) is 3.18. The van der Waals surface area contributed by atoms with Crippen LogP contribution in [0.5, 0.6) is 0 Å². The van der Waals surface area contributed by atoms with Crippen LogP contribution >= 0.6 is 24.0 Å². The van der Waals surface area contributed by atoms with Gasteiger partial charge in [0, 0.05) is 39.5 Å².